The van der Waals surface area contributed by atoms with Crippen molar-refractivity contribution in [1.82, 2.24) is 9.97 Å². The molecular weight excluding hydrogens is 240 g/mol. The second-order valence-corrected chi connectivity index (χ2v) is 4.02. The zero-order chi connectivity index (χ0) is 12.3. The molecule has 0 aliphatic heterocycles. The number of aryl methyl sites for hydroxylation is 1. The fourth-order valence-electron chi connectivity index (χ4n) is 1.68. The number of hydrogen-bond donors (Lipinski definition) is 1. The van der Waals surface area contributed by atoms with E-state index >= 15 is 0 Å². The summed E-state index contributed by atoms with van der Waals surface area (Å²) in [5, 5.41) is 1.36. The molecule has 0 atom stereocenters. The summed E-state index contributed by atoms with van der Waals surface area (Å²) >= 11 is 5.96. The number of rotatable bonds is 4. The van der Waals surface area contributed by atoms with Gasteiger partial charge < -0.3 is 9.72 Å². The van der Waals surface area contributed by atoms with Crippen LogP contribution in [-0.4, -0.2) is 22.5 Å². The normalized spacial score (nSPS) is 10.7. The lowest BCUT2D eigenvalue weighted by molar-refractivity contribution is -0.143. The molecule has 0 aromatic carbocycles. The summed E-state index contributed by atoms with van der Waals surface area (Å²) in [5.74, 6) is -0.185. The van der Waals surface area contributed by atoms with Crippen LogP contribution in [0.3, 0.4) is 0 Å². The van der Waals surface area contributed by atoms with Crippen molar-refractivity contribution >= 4 is 28.5 Å². The van der Waals surface area contributed by atoms with Gasteiger partial charge in [-0.05, 0) is 25.5 Å². The summed E-state index contributed by atoms with van der Waals surface area (Å²) in [6, 6.07) is 3.78. The fraction of sp³-hybridized carbons (Fsp3) is 0.333. The van der Waals surface area contributed by atoms with E-state index in [9.17, 15) is 4.79 Å². The SMILES string of the molecule is CCOC(=O)CCc1cc2c(Cl)nccc2[nH]1. The molecule has 2 heterocycles. The Morgan fingerprint density at radius 3 is 3.12 bits per heavy atom. The van der Waals surface area contributed by atoms with Crippen molar-refractivity contribution in [3.05, 3.63) is 29.2 Å². The highest BCUT2D eigenvalue weighted by molar-refractivity contribution is 6.34. The Labute approximate surface area is 104 Å². The standard InChI is InChI=1S/C12H13ClN2O2/c1-2-17-11(16)4-3-8-7-9-10(15-8)5-6-14-12(9)13/h5-7,15H,2-4H2,1H3. The maximum atomic E-state index is 11.2. The molecule has 17 heavy (non-hydrogen) atoms. The van der Waals surface area contributed by atoms with Gasteiger partial charge >= 0.3 is 5.97 Å². The molecule has 0 saturated carbocycles. The van der Waals surface area contributed by atoms with Crippen LogP contribution in [0.5, 0.6) is 0 Å². The Balaban J connectivity index is 2.10. The number of nitrogens with one attached hydrogen (secondary N) is 1. The minimum Gasteiger partial charge on any atom is -0.466 e. The molecule has 1 N–H and O–H groups in total. The van der Waals surface area contributed by atoms with Crippen LogP contribution in [-0.2, 0) is 16.0 Å². The first-order chi connectivity index (χ1) is 8.20. The topological polar surface area (TPSA) is 55.0 Å². The maximum Gasteiger partial charge on any atom is 0.306 e. The average molecular weight is 253 g/mol. The molecule has 5 heteroatoms. The molecule has 0 bridgehead atoms. The van der Waals surface area contributed by atoms with Gasteiger partial charge in [0.05, 0.1) is 18.5 Å². The predicted octanol–water partition coefficient (Wildman–Crippen LogP) is 2.71. The molecule has 0 amide bonds. The third-order valence-corrected chi connectivity index (χ3v) is 2.76. The lowest BCUT2D eigenvalue weighted by Crippen LogP contribution is -2.05. The van der Waals surface area contributed by atoms with Crippen molar-refractivity contribution in [3.63, 3.8) is 0 Å². The number of aromatic nitrogens is 2. The summed E-state index contributed by atoms with van der Waals surface area (Å²) in [6.45, 7) is 2.22. The number of pyridine rings is 1. The van der Waals surface area contributed by atoms with Gasteiger partial charge in [0.25, 0.3) is 0 Å². The van der Waals surface area contributed by atoms with Gasteiger partial charge in [-0.2, -0.15) is 0 Å². The van der Waals surface area contributed by atoms with Crippen molar-refractivity contribution < 1.29 is 9.53 Å². The first-order valence-electron chi connectivity index (χ1n) is 5.48. The van der Waals surface area contributed by atoms with Crippen LogP contribution in [0.2, 0.25) is 5.15 Å². The van der Waals surface area contributed by atoms with Gasteiger partial charge in [0.15, 0.2) is 0 Å². The smallest absolute Gasteiger partial charge is 0.306 e. The molecule has 0 fully saturated rings. The number of carbonyl (C=O) groups excluding carboxylic acids is 1. The Kier molecular flexibility index (Phi) is 3.64. The second-order valence-electron chi connectivity index (χ2n) is 3.66. The van der Waals surface area contributed by atoms with Crippen LogP contribution in [0.1, 0.15) is 19.0 Å². The van der Waals surface area contributed by atoms with Crippen molar-refractivity contribution in [3.8, 4) is 0 Å². The van der Waals surface area contributed by atoms with Crippen LogP contribution >= 0.6 is 11.6 Å². The van der Waals surface area contributed by atoms with E-state index in [2.05, 4.69) is 9.97 Å². The monoisotopic (exact) mass is 252 g/mol. The van der Waals surface area contributed by atoms with Gasteiger partial charge in [0.1, 0.15) is 5.15 Å². The molecule has 4 nitrogen and oxygen atoms in total. The Hall–Kier alpha value is -1.55. The van der Waals surface area contributed by atoms with Crippen molar-refractivity contribution in [2.45, 2.75) is 19.8 Å². The van der Waals surface area contributed by atoms with E-state index in [1.54, 1.807) is 13.1 Å². The van der Waals surface area contributed by atoms with Crippen LogP contribution in [0, 0.1) is 0 Å². The highest BCUT2D eigenvalue weighted by Gasteiger charge is 2.07. The third-order valence-electron chi connectivity index (χ3n) is 2.46. The van der Waals surface area contributed by atoms with Crippen LogP contribution in [0.4, 0.5) is 0 Å². The molecule has 0 spiro atoms. The predicted molar refractivity (Wildman–Crippen MR) is 66.1 cm³/mol. The summed E-state index contributed by atoms with van der Waals surface area (Å²) in [5.41, 5.74) is 1.90. The highest BCUT2D eigenvalue weighted by atomic mass is 35.5. The van der Waals surface area contributed by atoms with Gasteiger partial charge in [0.2, 0.25) is 0 Å². The number of ether oxygens (including phenoxy) is 1. The number of aromatic amines is 1. The summed E-state index contributed by atoms with van der Waals surface area (Å²) in [6.07, 6.45) is 2.63. The first-order valence-corrected chi connectivity index (χ1v) is 5.86. The Morgan fingerprint density at radius 2 is 2.41 bits per heavy atom. The van der Waals surface area contributed by atoms with E-state index in [1.807, 2.05) is 12.1 Å². The summed E-state index contributed by atoms with van der Waals surface area (Å²) < 4.78 is 4.87. The van der Waals surface area contributed by atoms with E-state index in [4.69, 9.17) is 16.3 Å². The first kappa shape index (κ1) is 11.9. The van der Waals surface area contributed by atoms with E-state index in [1.165, 1.54) is 0 Å². The lowest BCUT2D eigenvalue weighted by atomic mass is 10.2. The highest BCUT2D eigenvalue weighted by Crippen LogP contribution is 2.22. The molecule has 0 unspecified atom stereocenters. The van der Waals surface area contributed by atoms with Gasteiger partial charge in [0, 0.05) is 17.3 Å². The number of carbonyl (C=O) groups is 1. The van der Waals surface area contributed by atoms with Crippen LogP contribution in [0.25, 0.3) is 10.9 Å². The molecule has 0 saturated heterocycles. The second kappa shape index (κ2) is 5.19. The van der Waals surface area contributed by atoms with E-state index < -0.39 is 0 Å². The maximum absolute atomic E-state index is 11.2. The Bertz CT molecular complexity index is 536. The molecular formula is C12H13ClN2O2. The lowest BCUT2D eigenvalue weighted by Gasteiger charge is -1.99. The van der Waals surface area contributed by atoms with Crippen molar-refractivity contribution in [1.29, 1.82) is 0 Å². The number of halogens is 1. The number of hydrogen-bond acceptors (Lipinski definition) is 3. The average Bonchev–Trinajstić information content (AvgIpc) is 2.71. The van der Waals surface area contributed by atoms with Crippen molar-refractivity contribution in [2.75, 3.05) is 6.61 Å². The summed E-state index contributed by atoms with van der Waals surface area (Å²) in [4.78, 5) is 18.4. The molecule has 2 aromatic rings. The quantitative estimate of drug-likeness (QED) is 0.672. The number of nitrogens with zero attached hydrogens (tertiary/aromatic N) is 1. The summed E-state index contributed by atoms with van der Waals surface area (Å²) in [7, 11) is 0. The molecule has 2 rings (SSSR count). The Morgan fingerprint density at radius 1 is 1.59 bits per heavy atom. The molecule has 0 radical (unpaired) electrons. The van der Waals surface area contributed by atoms with E-state index in [0.29, 0.717) is 24.6 Å². The molecule has 2 aromatic heterocycles. The number of fused-ring (bicyclic) bond motifs is 1. The minimum atomic E-state index is -0.185. The zero-order valence-corrected chi connectivity index (χ0v) is 10.3. The van der Waals surface area contributed by atoms with Gasteiger partial charge in [-0.1, -0.05) is 11.6 Å². The van der Waals surface area contributed by atoms with E-state index in [0.717, 1.165) is 16.6 Å². The third kappa shape index (κ3) is 2.77. The van der Waals surface area contributed by atoms with Gasteiger partial charge in [-0.3, -0.25) is 4.79 Å². The number of H-pyrrole nitrogens is 1. The largest absolute Gasteiger partial charge is 0.466 e. The van der Waals surface area contributed by atoms with E-state index in [-0.39, 0.29) is 5.97 Å². The molecule has 0 aliphatic rings. The molecule has 90 valence electrons. The van der Waals surface area contributed by atoms with Crippen LogP contribution < -0.4 is 0 Å². The zero-order valence-electron chi connectivity index (χ0n) is 9.50. The van der Waals surface area contributed by atoms with Crippen LogP contribution in [0.15, 0.2) is 18.3 Å². The number of esters is 1. The molecule has 0 aliphatic carbocycles. The fourth-order valence-corrected chi connectivity index (χ4v) is 1.89. The minimum absolute atomic E-state index is 0.185. The van der Waals surface area contributed by atoms with Gasteiger partial charge in [-0.15, -0.1) is 0 Å². The van der Waals surface area contributed by atoms with Crippen molar-refractivity contribution in [2.24, 2.45) is 0 Å². The van der Waals surface area contributed by atoms with Gasteiger partial charge in [-0.25, -0.2) is 4.98 Å².